The van der Waals surface area contributed by atoms with Crippen LogP contribution in [-0.2, 0) is 20.4 Å². The van der Waals surface area contributed by atoms with E-state index in [9.17, 15) is 4.79 Å². The van der Waals surface area contributed by atoms with E-state index in [1.165, 1.54) is 11.1 Å². The van der Waals surface area contributed by atoms with E-state index in [0.717, 1.165) is 17.3 Å². The van der Waals surface area contributed by atoms with Crippen molar-refractivity contribution in [2.24, 2.45) is 0 Å². The lowest BCUT2D eigenvalue weighted by molar-refractivity contribution is -0.123. The summed E-state index contributed by atoms with van der Waals surface area (Å²) in [4.78, 5) is 12.5. The van der Waals surface area contributed by atoms with E-state index >= 15 is 0 Å². The van der Waals surface area contributed by atoms with Crippen molar-refractivity contribution in [1.82, 2.24) is 5.32 Å². The SMILES string of the molecule is CC(C)(C)c1ccc(OCC(=O)NCC2(c3ccccc3)CCOCC2)c(Br)c1. The molecule has 0 aromatic heterocycles. The normalized spacial score (nSPS) is 16.3. The number of rotatable bonds is 6. The molecular formula is C24H30BrNO3. The molecule has 156 valence electrons. The van der Waals surface area contributed by atoms with Crippen molar-refractivity contribution in [2.45, 2.75) is 44.4 Å². The number of halogens is 1. The molecule has 0 aliphatic carbocycles. The van der Waals surface area contributed by atoms with E-state index in [1.807, 2.05) is 18.2 Å². The van der Waals surface area contributed by atoms with Gasteiger partial charge in [-0.2, -0.15) is 0 Å². The topological polar surface area (TPSA) is 47.6 Å². The predicted octanol–water partition coefficient (Wildman–Crippen LogP) is 4.99. The summed E-state index contributed by atoms with van der Waals surface area (Å²) in [6, 6.07) is 16.4. The van der Waals surface area contributed by atoms with E-state index < -0.39 is 0 Å². The summed E-state index contributed by atoms with van der Waals surface area (Å²) >= 11 is 3.56. The van der Waals surface area contributed by atoms with Crippen LogP contribution in [-0.4, -0.2) is 32.3 Å². The molecule has 0 saturated carbocycles. The van der Waals surface area contributed by atoms with Crippen LogP contribution in [0.15, 0.2) is 53.0 Å². The minimum absolute atomic E-state index is 0.00512. The van der Waals surface area contributed by atoms with E-state index in [1.54, 1.807) is 0 Å². The summed E-state index contributed by atoms with van der Waals surface area (Å²) in [5, 5.41) is 3.08. The molecule has 1 saturated heterocycles. The Morgan fingerprint density at radius 1 is 1.14 bits per heavy atom. The van der Waals surface area contributed by atoms with Crippen LogP contribution in [0.3, 0.4) is 0 Å². The molecule has 5 heteroatoms. The third-order valence-corrected chi connectivity index (χ3v) is 6.24. The highest BCUT2D eigenvalue weighted by Gasteiger charge is 2.34. The first-order chi connectivity index (χ1) is 13.8. The van der Waals surface area contributed by atoms with Gasteiger partial charge >= 0.3 is 0 Å². The molecule has 1 fully saturated rings. The van der Waals surface area contributed by atoms with Gasteiger partial charge in [0.05, 0.1) is 4.47 Å². The first kappa shape index (κ1) is 21.8. The van der Waals surface area contributed by atoms with Crippen LogP contribution in [0.4, 0.5) is 0 Å². The lowest BCUT2D eigenvalue weighted by Gasteiger charge is -2.38. The Balaban J connectivity index is 1.59. The fourth-order valence-corrected chi connectivity index (χ4v) is 4.16. The summed E-state index contributed by atoms with van der Waals surface area (Å²) in [6.45, 7) is 8.52. The Kier molecular flexibility index (Phi) is 7.01. The van der Waals surface area contributed by atoms with Crippen molar-refractivity contribution in [3.05, 3.63) is 64.1 Å². The first-order valence-electron chi connectivity index (χ1n) is 10.1. The van der Waals surface area contributed by atoms with Crippen LogP contribution in [0.1, 0.15) is 44.7 Å². The van der Waals surface area contributed by atoms with E-state index in [0.29, 0.717) is 25.5 Å². The maximum Gasteiger partial charge on any atom is 0.257 e. The molecule has 0 atom stereocenters. The number of hydrogen-bond donors (Lipinski definition) is 1. The zero-order chi connectivity index (χ0) is 20.9. The minimum atomic E-state index is -0.112. The maximum atomic E-state index is 12.5. The Morgan fingerprint density at radius 2 is 1.83 bits per heavy atom. The molecule has 1 heterocycles. The number of carbonyl (C=O) groups excluding carboxylic acids is 1. The number of benzene rings is 2. The molecule has 0 unspecified atom stereocenters. The van der Waals surface area contributed by atoms with Gasteiger partial charge < -0.3 is 14.8 Å². The first-order valence-corrected chi connectivity index (χ1v) is 10.9. The van der Waals surface area contributed by atoms with Crippen LogP contribution in [0.2, 0.25) is 0 Å². The van der Waals surface area contributed by atoms with Gasteiger partial charge in [0.25, 0.3) is 5.91 Å². The molecule has 1 aliphatic heterocycles. The third-order valence-electron chi connectivity index (χ3n) is 5.62. The average molecular weight is 460 g/mol. The molecular weight excluding hydrogens is 430 g/mol. The second-order valence-corrected chi connectivity index (χ2v) is 9.57. The fraction of sp³-hybridized carbons (Fsp3) is 0.458. The van der Waals surface area contributed by atoms with E-state index in [2.05, 4.69) is 72.3 Å². The van der Waals surface area contributed by atoms with Gasteiger partial charge in [-0.3, -0.25) is 4.79 Å². The van der Waals surface area contributed by atoms with E-state index in [-0.39, 0.29) is 23.3 Å². The lowest BCUT2D eigenvalue weighted by Crippen LogP contribution is -2.45. The number of ether oxygens (including phenoxy) is 2. The largest absolute Gasteiger partial charge is 0.483 e. The quantitative estimate of drug-likeness (QED) is 0.661. The number of nitrogens with one attached hydrogen (secondary N) is 1. The van der Waals surface area contributed by atoms with Crippen LogP contribution >= 0.6 is 15.9 Å². The lowest BCUT2D eigenvalue weighted by atomic mass is 9.74. The van der Waals surface area contributed by atoms with Crippen molar-refractivity contribution in [3.8, 4) is 5.75 Å². The van der Waals surface area contributed by atoms with Crippen molar-refractivity contribution >= 4 is 21.8 Å². The molecule has 0 radical (unpaired) electrons. The zero-order valence-corrected chi connectivity index (χ0v) is 19.1. The number of amides is 1. The number of hydrogen-bond acceptors (Lipinski definition) is 3. The van der Waals surface area contributed by atoms with Crippen LogP contribution in [0, 0.1) is 0 Å². The zero-order valence-electron chi connectivity index (χ0n) is 17.5. The van der Waals surface area contributed by atoms with Gasteiger partial charge in [-0.05, 0) is 57.4 Å². The summed E-state index contributed by atoms with van der Waals surface area (Å²) < 4.78 is 12.2. The van der Waals surface area contributed by atoms with Crippen LogP contribution < -0.4 is 10.1 Å². The Bertz CT molecular complexity index is 824. The van der Waals surface area contributed by atoms with Gasteiger partial charge in [0.15, 0.2) is 6.61 Å². The maximum absolute atomic E-state index is 12.5. The predicted molar refractivity (Wildman–Crippen MR) is 120 cm³/mol. The molecule has 2 aromatic rings. The standard InChI is InChI=1S/C24H30BrNO3/c1-23(2,3)19-9-10-21(20(25)15-19)29-16-22(27)26-17-24(11-13-28-14-12-24)18-7-5-4-6-8-18/h4-10,15H,11-14,16-17H2,1-3H3,(H,26,27). The molecule has 1 N–H and O–H groups in total. The Morgan fingerprint density at radius 3 is 2.45 bits per heavy atom. The highest BCUT2D eigenvalue weighted by atomic mass is 79.9. The van der Waals surface area contributed by atoms with Crippen LogP contribution in [0.25, 0.3) is 0 Å². The summed E-state index contributed by atoms with van der Waals surface area (Å²) in [5.74, 6) is 0.565. The van der Waals surface area contributed by atoms with Gasteiger partial charge in [-0.1, -0.05) is 57.2 Å². The van der Waals surface area contributed by atoms with Crippen molar-refractivity contribution < 1.29 is 14.3 Å². The highest BCUT2D eigenvalue weighted by molar-refractivity contribution is 9.10. The molecule has 1 aliphatic rings. The fourth-order valence-electron chi connectivity index (χ4n) is 3.67. The second-order valence-electron chi connectivity index (χ2n) is 8.72. The van der Waals surface area contributed by atoms with Gasteiger partial charge in [-0.25, -0.2) is 0 Å². The van der Waals surface area contributed by atoms with Crippen molar-refractivity contribution in [3.63, 3.8) is 0 Å². The van der Waals surface area contributed by atoms with Gasteiger partial charge in [-0.15, -0.1) is 0 Å². The smallest absolute Gasteiger partial charge is 0.257 e. The van der Waals surface area contributed by atoms with Crippen molar-refractivity contribution in [1.29, 1.82) is 0 Å². The molecule has 0 spiro atoms. The van der Waals surface area contributed by atoms with Gasteiger partial charge in [0, 0.05) is 25.2 Å². The molecule has 1 amide bonds. The van der Waals surface area contributed by atoms with Crippen LogP contribution in [0.5, 0.6) is 5.75 Å². The monoisotopic (exact) mass is 459 g/mol. The molecule has 3 rings (SSSR count). The summed E-state index contributed by atoms with van der Waals surface area (Å²) in [6.07, 6.45) is 1.80. The average Bonchev–Trinajstić information content (AvgIpc) is 2.72. The Hall–Kier alpha value is -1.85. The number of carbonyl (C=O) groups is 1. The van der Waals surface area contributed by atoms with Gasteiger partial charge in [0.1, 0.15) is 5.75 Å². The summed E-state index contributed by atoms with van der Waals surface area (Å²) in [7, 11) is 0. The van der Waals surface area contributed by atoms with Gasteiger partial charge in [0.2, 0.25) is 0 Å². The Labute approximate surface area is 182 Å². The minimum Gasteiger partial charge on any atom is -0.483 e. The van der Waals surface area contributed by atoms with Crippen molar-refractivity contribution in [2.75, 3.05) is 26.4 Å². The molecule has 2 aromatic carbocycles. The molecule has 4 nitrogen and oxygen atoms in total. The summed E-state index contributed by atoms with van der Waals surface area (Å²) in [5.41, 5.74) is 2.45. The van der Waals surface area contributed by atoms with E-state index in [4.69, 9.17) is 9.47 Å². The third kappa shape index (κ3) is 5.61. The highest BCUT2D eigenvalue weighted by Crippen LogP contribution is 2.34. The molecule has 0 bridgehead atoms. The molecule has 29 heavy (non-hydrogen) atoms. The second kappa shape index (κ2) is 9.31.